The van der Waals surface area contributed by atoms with Gasteiger partial charge < -0.3 is 16.0 Å². The summed E-state index contributed by atoms with van der Waals surface area (Å²) >= 11 is 0. The Hall–Kier alpha value is -1.92. The molecule has 3 rings (SSSR count). The third-order valence-electron chi connectivity index (χ3n) is 7.42. The van der Waals surface area contributed by atoms with E-state index >= 15 is 0 Å². The largest absolute Gasteiger partial charge is 0.354 e. The van der Waals surface area contributed by atoms with Crippen molar-refractivity contribution in [3.8, 4) is 0 Å². The van der Waals surface area contributed by atoms with E-state index in [9.17, 15) is 9.59 Å². The minimum Gasteiger partial charge on any atom is -0.354 e. The molecule has 1 aromatic rings. The maximum absolute atomic E-state index is 13.3. The van der Waals surface area contributed by atoms with Gasteiger partial charge in [-0.25, -0.2) is 0 Å². The third-order valence-corrected chi connectivity index (χ3v) is 7.42. The van der Waals surface area contributed by atoms with Gasteiger partial charge in [0.1, 0.15) is 6.04 Å². The smallest absolute Gasteiger partial charge is 0.242 e. The topological polar surface area (TPSA) is 78.7 Å². The summed E-state index contributed by atoms with van der Waals surface area (Å²) < 4.78 is 0. The predicted molar refractivity (Wildman–Crippen MR) is 133 cm³/mol. The first-order valence-electron chi connectivity index (χ1n) is 12.9. The molecule has 1 saturated carbocycles. The highest BCUT2D eigenvalue weighted by Gasteiger charge is 2.37. The summed E-state index contributed by atoms with van der Waals surface area (Å²) in [4.78, 5) is 30.0. The number of nitrogens with zero attached hydrogens (tertiary/aromatic N) is 2. The van der Waals surface area contributed by atoms with Crippen LogP contribution in [0.2, 0.25) is 0 Å². The molecule has 1 saturated heterocycles. The number of rotatable bonds is 9. The molecule has 33 heavy (non-hydrogen) atoms. The van der Waals surface area contributed by atoms with Crippen molar-refractivity contribution < 1.29 is 9.59 Å². The molecule has 6 nitrogen and oxygen atoms in total. The zero-order valence-corrected chi connectivity index (χ0v) is 20.8. The number of carbonyl (C=O) groups excluding carboxylic acids is 2. The van der Waals surface area contributed by atoms with E-state index in [1.807, 2.05) is 6.07 Å². The molecule has 2 amide bonds. The summed E-state index contributed by atoms with van der Waals surface area (Å²) in [5.74, 6) is 1.61. The van der Waals surface area contributed by atoms with E-state index in [4.69, 9.17) is 5.73 Å². The zero-order valence-electron chi connectivity index (χ0n) is 20.8. The lowest BCUT2D eigenvalue weighted by molar-refractivity contribution is -0.142. The number of benzene rings is 1. The van der Waals surface area contributed by atoms with Crippen LogP contribution in [0.5, 0.6) is 0 Å². The molecule has 184 valence electrons. The van der Waals surface area contributed by atoms with Gasteiger partial charge in [-0.1, -0.05) is 50.6 Å². The second kappa shape index (κ2) is 12.5. The molecule has 1 aliphatic heterocycles. The average molecular weight is 457 g/mol. The van der Waals surface area contributed by atoms with Crippen LogP contribution in [0.25, 0.3) is 0 Å². The van der Waals surface area contributed by atoms with Crippen LogP contribution in [-0.4, -0.2) is 59.9 Å². The van der Waals surface area contributed by atoms with E-state index in [-0.39, 0.29) is 23.9 Å². The molecule has 0 aromatic heterocycles. The van der Waals surface area contributed by atoms with Gasteiger partial charge in [0.2, 0.25) is 11.8 Å². The molecule has 3 unspecified atom stereocenters. The van der Waals surface area contributed by atoms with Crippen molar-refractivity contribution in [2.24, 2.45) is 23.5 Å². The minimum absolute atomic E-state index is 0.00655. The van der Waals surface area contributed by atoms with Gasteiger partial charge in [-0.3, -0.25) is 14.5 Å². The third kappa shape index (κ3) is 7.54. The molecule has 1 heterocycles. The number of carbonyl (C=O) groups is 2. The van der Waals surface area contributed by atoms with Crippen LogP contribution in [0.1, 0.15) is 64.9 Å². The molecule has 3 N–H and O–H groups in total. The van der Waals surface area contributed by atoms with Crippen molar-refractivity contribution in [1.29, 1.82) is 0 Å². The summed E-state index contributed by atoms with van der Waals surface area (Å²) in [6.07, 6.45) is 6.25. The van der Waals surface area contributed by atoms with Crippen molar-refractivity contribution in [2.75, 3.05) is 26.2 Å². The Morgan fingerprint density at radius 1 is 1.12 bits per heavy atom. The zero-order chi connectivity index (χ0) is 23.8. The normalized spacial score (nSPS) is 25.9. The molecule has 6 heteroatoms. The van der Waals surface area contributed by atoms with Gasteiger partial charge in [0, 0.05) is 39.1 Å². The molecule has 0 spiro atoms. The highest BCUT2D eigenvalue weighted by atomic mass is 16.2. The maximum Gasteiger partial charge on any atom is 0.242 e. The van der Waals surface area contributed by atoms with Crippen molar-refractivity contribution in [2.45, 2.75) is 77.9 Å². The average Bonchev–Trinajstić information content (AvgIpc) is 2.82. The Labute approximate surface area is 200 Å². The molecule has 4 atom stereocenters. The van der Waals surface area contributed by atoms with Crippen LogP contribution >= 0.6 is 0 Å². The van der Waals surface area contributed by atoms with Gasteiger partial charge >= 0.3 is 0 Å². The van der Waals surface area contributed by atoms with Crippen molar-refractivity contribution in [3.63, 3.8) is 0 Å². The second-order valence-corrected chi connectivity index (χ2v) is 10.6. The first kappa shape index (κ1) is 25.7. The number of likely N-dealkylation sites (tertiary alicyclic amines) is 1. The molecule has 2 aliphatic rings. The number of hydrogen-bond donors (Lipinski definition) is 2. The molecular formula is C27H44N4O2. The summed E-state index contributed by atoms with van der Waals surface area (Å²) in [5.41, 5.74) is 7.18. The Morgan fingerprint density at radius 2 is 1.85 bits per heavy atom. The summed E-state index contributed by atoms with van der Waals surface area (Å²) in [6, 6.07) is 10.4. The van der Waals surface area contributed by atoms with Crippen molar-refractivity contribution in [1.82, 2.24) is 15.1 Å². The lowest BCUT2D eigenvalue weighted by Crippen LogP contribution is -2.57. The molecular weight excluding hydrogens is 412 g/mol. The number of nitrogens with two attached hydrogens (primary N) is 1. The molecule has 0 radical (unpaired) electrons. The predicted octanol–water partition coefficient (Wildman–Crippen LogP) is 3.41. The van der Waals surface area contributed by atoms with E-state index < -0.39 is 0 Å². The van der Waals surface area contributed by atoms with Crippen LogP contribution in [0.3, 0.4) is 0 Å². The van der Waals surface area contributed by atoms with E-state index in [0.717, 1.165) is 38.9 Å². The Morgan fingerprint density at radius 3 is 2.52 bits per heavy atom. The van der Waals surface area contributed by atoms with Crippen LogP contribution in [0.15, 0.2) is 30.3 Å². The van der Waals surface area contributed by atoms with Crippen molar-refractivity contribution in [3.05, 3.63) is 35.9 Å². The highest BCUT2D eigenvalue weighted by molar-refractivity contribution is 5.87. The van der Waals surface area contributed by atoms with Gasteiger partial charge in [-0.05, 0) is 62.0 Å². The van der Waals surface area contributed by atoms with Gasteiger partial charge in [0.15, 0.2) is 0 Å². The Bertz CT molecular complexity index is 754. The fraction of sp³-hybridized carbons (Fsp3) is 0.704. The van der Waals surface area contributed by atoms with E-state index in [1.54, 1.807) is 11.8 Å². The number of amides is 2. The van der Waals surface area contributed by atoms with Gasteiger partial charge in [-0.2, -0.15) is 0 Å². The van der Waals surface area contributed by atoms with Crippen LogP contribution in [0, 0.1) is 17.8 Å². The second-order valence-electron chi connectivity index (χ2n) is 10.6. The standard InChI is InChI=1S/C27H44N4O2/c1-20(2)18-30(19-22-8-5-4-6-9-22)25-12-13-31(21(3)32)26(15-25)27(33)29-17-24-11-7-10-23(14-24)16-28/h4-6,8-9,20,23-26H,7,10-19,28H2,1-3H3,(H,29,33)/t23?,24?,25?,26-/m1/s1. The molecule has 2 fully saturated rings. The molecule has 0 bridgehead atoms. The molecule has 1 aliphatic carbocycles. The van der Waals surface area contributed by atoms with E-state index in [0.29, 0.717) is 37.3 Å². The first-order valence-corrected chi connectivity index (χ1v) is 12.9. The molecule has 1 aromatic carbocycles. The summed E-state index contributed by atoms with van der Waals surface area (Å²) in [6.45, 7) is 10.0. The van der Waals surface area contributed by atoms with Gasteiger partial charge in [-0.15, -0.1) is 0 Å². The van der Waals surface area contributed by atoms with Crippen LogP contribution in [0.4, 0.5) is 0 Å². The van der Waals surface area contributed by atoms with E-state index in [1.165, 1.54) is 18.4 Å². The highest BCUT2D eigenvalue weighted by Crippen LogP contribution is 2.28. The van der Waals surface area contributed by atoms with Crippen LogP contribution in [-0.2, 0) is 16.1 Å². The van der Waals surface area contributed by atoms with Gasteiger partial charge in [0.25, 0.3) is 0 Å². The lowest BCUT2D eigenvalue weighted by atomic mass is 9.81. The monoisotopic (exact) mass is 456 g/mol. The Balaban J connectivity index is 1.66. The summed E-state index contributed by atoms with van der Waals surface area (Å²) in [7, 11) is 0. The maximum atomic E-state index is 13.3. The van der Waals surface area contributed by atoms with Crippen molar-refractivity contribution >= 4 is 11.8 Å². The number of hydrogen-bond acceptors (Lipinski definition) is 4. The fourth-order valence-electron chi connectivity index (χ4n) is 5.70. The minimum atomic E-state index is -0.388. The Kier molecular flexibility index (Phi) is 9.75. The van der Waals surface area contributed by atoms with E-state index in [2.05, 4.69) is 48.3 Å². The summed E-state index contributed by atoms with van der Waals surface area (Å²) in [5, 5.41) is 3.21. The quantitative estimate of drug-likeness (QED) is 0.597. The van der Waals surface area contributed by atoms with Gasteiger partial charge in [0.05, 0.1) is 0 Å². The number of nitrogens with one attached hydrogen (secondary N) is 1. The SMILES string of the molecule is CC(=O)N1CCC(N(Cc2ccccc2)CC(C)C)C[C@@H]1C(=O)NCC1CCCC(CN)C1. The first-order chi connectivity index (χ1) is 15.9. The lowest BCUT2D eigenvalue weighted by Gasteiger charge is -2.43. The fourth-order valence-corrected chi connectivity index (χ4v) is 5.70. The number of piperidine rings is 1. The van der Waals surface area contributed by atoms with Crippen LogP contribution < -0.4 is 11.1 Å².